The van der Waals surface area contributed by atoms with Gasteiger partial charge in [0.1, 0.15) is 0 Å². The third kappa shape index (κ3) is 1.79. The Balaban J connectivity index is 5.24. The standard InChI is InChI=1S/C5H2ClF7O/c6-2(14)4(10,11)5(12,13)3(8,9)1-7/h1H2. The van der Waals surface area contributed by atoms with E-state index in [9.17, 15) is 35.5 Å². The number of hydrogen-bond donors (Lipinski definition) is 0. The van der Waals surface area contributed by atoms with Gasteiger partial charge in [0.2, 0.25) is 0 Å². The second kappa shape index (κ2) is 3.56. The van der Waals surface area contributed by atoms with Gasteiger partial charge in [0.15, 0.2) is 6.67 Å². The van der Waals surface area contributed by atoms with Crippen LogP contribution >= 0.6 is 11.6 Å². The summed E-state index contributed by atoms with van der Waals surface area (Å²) in [6.07, 6.45) is 0. The molecule has 0 aromatic rings. The van der Waals surface area contributed by atoms with Crippen LogP contribution in [0.2, 0.25) is 0 Å². The summed E-state index contributed by atoms with van der Waals surface area (Å²) in [4.78, 5) is 9.75. The van der Waals surface area contributed by atoms with Crippen LogP contribution in [0.25, 0.3) is 0 Å². The Kier molecular flexibility index (Phi) is 3.42. The zero-order chi connectivity index (χ0) is 11.8. The van der Waals surface area contributed by atoms with Gasteiger partial charge in [-0.15, -0.1) is 0 Å². The molecular formula is C5H2ClF7O. The van der Waals surface area contributed by atoms with E-state index in [1.54, 1.807) is 0 Å². The maximum absolute atomic E-state index is 12.2. The molecule has 0 radical (unpaired) electrons. The van der Waals surface area contributed by atoms with Crippen molar-refractivity contribution in [2.24, 2.45) is 0 Å². The summed E-state index contributed by atoms with van der Waals surface area (Å²) in [5, 5.41) is -2.98. The van der Waals surface area contributed by atoms with Crippen LogP contribution in [0.4, 0.5) is 30.7 Å². The van der Waals surface area contributed by atoms with E-state index in [1.807, 2.05) is 0 Å². The van der Waals surface area contributed by atoms with E-state index >= 15 is 0 Å². The molecule has 0 saturated carbocycles. The average Bonchev–Trinajstić information content (AvgIpc) is 2.03. The first-order valence-electron chi connectivity index (χ1n) is 2.90. The van der Waals surface area contributed by atoms with Gasteiger partial charge in [-0.1, -0.05) is 0 Å². The van der Waals surface area contributed by atoms with Crippen LogP contribution in [0.1, 0.15) is 0 Å². The summed E-state index contributed by atoms with van der Waals surface area (Å²) in [6, 6.07) is 0. The van der Waals surface area contributed by atoms with Crippen molar-refractivity contribution in [3.05, 3.63) is 0 Å². The van der Waals surface area contributed by atoms with E-state index in [4.69, 9.17) is 0 Å². The molecule has 0 N–H and O–H groups in total. The number of hydrogen-bond acceptors (Lipinski definition) is 1. The molecule has 0 spiro atoms. The van der Waals surface area contributed by atoms with Crippen LogP contribution in [0.3, 0.4) is 0 Å². The first kappa shape index (κ1) is 13.5. The van der Waals surface area contributed by atoms with Gasteiger partial charge >= 0.3 is 17.8 Å². The van der Waals surface area contributed by atoms with Crippen molar-refractivity contribution in [3.63, 3.8) is 0 Å². The Labute approximate surface area is 77.8 Å². The minimum absolute atomic E-state index is 2.98. The molecule has 0 saturated heterocycles. The number of carbonyl (C=O) groups excluding carboxylic acids is 1. The quantitative estimate of drug-likeness (QED) is 0.550. The molecule has 0 aromatic heterocycles. The molecule has 9 heteroatoms. The molecule has 0 amide bonds. The third-order valence-corrected chi connectivity index (χ3v) is 1.51. The SMILES string of the molecule is O=C(Cl)C(F)(F)C(F)(F)C(F)(F)CF. The molecule has 0 fully saturated rings. The molecule has 1 nitrogen and oxygen atoms in total. The van der Waals surface area contributed by atoms with E-state index in [0.29, 0.717) is 0 Å². The van der Waals surface area contributed by atoms with Crippen molar-refractivity contribution in [1.82, 2.24) is 0 Å². The molecule has 14 heavy (non-hydrogen) atoms. The van der Waals surface area contributed by atoms with Crippen molar-refractivity contribution in [2.45, 2.75) is 17.8 Å². The van der Waals surface area contributed by atoms with Crippen LogP contribution in [-0.2, 0) is 4.79 Å². The highest BCUT2D eigenvalue weighted by Crippen LogP contribution is 2.46. The Morgan fingerprint density at radius 3 is 1.64 bits per heavy atom. The Morgan fingerprint density at radius 2 is 1.43 bits per heavy atom. The van der Waals surface area contributed by atoms with E-state index < -0.39 is 29.7 Å². The topological polar surface area (TPSA) is 17.1 Å². The van der Waals surface area contributed by atoms with Gasteiger partial charge in [-0.2, -0.15) is 26.3 Å². The molecule has 0 bridgehead atoms. The summed E-state index contributed by atoms with van der Waals surface area (Å²) in [5.74, 6) is -17.6. The Hall–Kier alpha value is -0.530. The van der Waals surface area contributed by atoms with Gasteiger partial charge in [-0.3, -0.25) is 4.79 Å². The zero-order valence-corrected chi connectivity index (χ0v) is 6.89. The molecular weight excluding hydrogens is 244 g/mol. The summed E-state index contributed by atoms with van der Waals surface area (Å²) in [7, 11) is 0. The number of halogens is 8. The fourth-order valence-corrected chi connectivity index (χ4v) is 0.556. The maximum atomic E-state index is 12.2. The van der Waals surface area contributed by atoms with Gasteiger partial charge in [0, 0.05) is 0 Å². The van der Waals surface area contributed by atoms with E-state index in [0.717, 1.165) is 0 Å². The van der Waals surface area contributed by atoms with Crippen molar-refractivity contribution >= 4 is 16.8 Å². The van der Waals surface area contributed by atoms with Gasteiger partial charge in [-0.05, 0) is 11.6 Å². The lowest BCUT2D eigenvalue weighted by molar-refractivity contribution is -0.297. The molecule has 0 atom stereocenters. The van der Waals surface area contributed by atoms with Gasteiger partial charge in [-0.25, -0.2) is 4.39 Å². The van der Waals surface area contributed by atoms with E-state index in [1.165, 1.54) is 0 Å². The predicted octanol–water partition coefficient (Wildman–Crippen LogP) is 2.63. The molecule has 84 valence electrons. The number of alkyl halides is 7. The van der Waals surface area contributed by atoms with Crippen LogP contribution in [-0.4, -0.2) is 29.7 Å². The van der Waals surface area contributed by atoms with Crippen LogP contribution in [0.5, 0.6) is 0 Å². The lowest BCUT2D eigenvalue weighted by Crippen LogP contribution is -2.57. The lowest BCUT2D eigenvalue weighted by Gasteiger charge is -2.28. The highest BCUT2D eigenvalue weighted by Gasteiger charge is 2.74. The fraction of sp³-hybridized carbons (Fsp3) is 0.800. The average molecular weight is 247 g/mol. The summed E-state index contributed by atoms with van der Waals surface area (Å²) >= 11 is 3.99. The largest absolute Gasteiger partial charge is 0.388 e. The summed E-state index contributed by atoms with van der Waals surface area (Å²) < 4.78 is 83.9. The fourth-order valence-electron chi connectivity index (χ4n) is 0.437. The molecule has 0 aromatic carbocycles. The van der Waals surface area contributed by atoms with Gasteiger partial charge in [0.05, 0.1) is 0 Å². The molecule has 0 aliphatic carbocycles. The second-order valence-electron chi connectivity index (χ2n) is 2.26. The van der Waals surface area contributed by atoms with Crippen molar-refractivity contribution in [2.75, 3.05) is 6.67 Å². The van der Waals surface area contributed by atoms with Crippen LogP contribution in [0, 0.1) is 0 Å². The molecule has 0 heterocycles. The molecule has 0 unspecified atom stereocenters. The predicted molar refractivity (Wildman–Crippen MR) is 31.7 cm³/mol. The van der Waals surface area contributed by atoms with E-state index in [-0.39, 0.29) is 0 Å². The molecule has 0 aliphatic heterocycles. The maximum Gasteiger partial charge on any atom is 0.388 e. The van der Waals surface area contributed by atoms with Crippen LogP contribution in [0.15, 0.2) is 0 Å². The summed E-state index contributed by atoms with van der Waals surface area (Å²) in [6.45, 7) is -3.03. The van der Waals surface area contributed by atoms with E-state index in [2.05, 4.69) is 11.6 Å². The smallest absolute Gasteiger partial charge is 0.274 e. The minimum atomic E-state index is -6.16. The number of carbonyl (C=O) groups is 1. The minimum Gasteiger partial charge on any atom is -0.274 e. The highest BCUT2D eigenvalue weighted by atomic mass is 35.5. The first-order valence-corrected chi connectivity index (χ1v) is 3.28. The Bertz CT molecular complexity index is 238. The first-order chi connectivity index (χ1) is 6.00. The van der Waals surface area contributed by atoms with Gasteiger partial charge in [0.25, 0.3) is 5.24 Å². The van der Waals surface area contributed by atoms with Crippen molar-refractivity contribution < 1.29 is 35.5 Å². The van der Waals surface area contributed by atoms with Crippen LogP contribution < -0.4 is 0 Å². The normalized spacial score (nSPS) is 14.3. The third-order valence-electron chi connectivity index (χ3n) is 1.27. The van der Waals surface area contributed by atoms with Gasteiger partial charge < -0.3 is 0 Å². The highest BCUT2D eigenvalue weighted by molar-refractivity contribution is 6.65. The van der Waals surface area contributed by atoms with Crippen molar-refractivity contribution in [1.29, 1.82) is 0 Å². The lowest BCUT2D eigenvalue weighted by atomic mass is 10.1. The number of rotatable bonds is 4. The summed E-state index contributed by atoms with van der Waals surface area (Å²) in [5.41, 5.74) is 0. The Morgan fingerprint density at radius 1 is 1.07 bits per heavy atom. The second-order valence-corrected chi connectivity index (χ2v) is 2.60. The zero-order valence-electron chi connectivity index (χ0n) is 6.14. The molecule has 0 aliphatic rings. The monoisotopic (exact) mass is 246 g/mol. The van der Waals surface area contributed by atoms with Crippen molar-refractivity contribution in [3.8, 4) is 0 Å². The molecule has 0 rings (SSSR count).